The minimum absolute atomic E-state index is 0.105. The molecule has 5 heteroatoms. The Bertz CT molecular complexity index is 432. The summed E-state index contributed by atoms with van der Waals surface area (Å²) in [6, 6.07) is 0. The van der Waals surface area contributed by atoms with Crippen molar-refractivity contribution < 1.29 is 24.9 Å². The lowest BCUT2D eigenvalue weighted by molar-refractivity contribution is -0.137. The molecule has 0 radical (unpaired) electrons. The van der Waals surface area contributed by atoms with E-state index in [0.29, 0.717) is 6.42 Å². The van der Waals surface area contributed by atoms with E-state index in [-0.39, 0.29) is 30.5 Å². The van der Waals surface area contributed by atoms with Crippen LogP contribution in [0.4, 0.5) is 0 Å². The van der Waals surface area contributed by atoms with Crippen LogP contribution in [-0.2, 0) is 9.59 Å². The second-order valence-electron chi connectivity index (χ2n) is 7.22. The molecule has 1 rings (SSSR count). The van der Waals surface area contributed by atoms with Crippen molar-refractivity contribution >= 4 is 11.8 Å². The number of aliphatic hydroxyl groups excluding tert-OH is 2. The molecule has 0 aromatic rings. The standard InChI is InChI=1S/C20H34O5/c1-2-3-6-9-15(21)12-13-17-16(18(22)14-19(17)23)10-7-4-5-8-11-20(24)25/h12-13,15-17,19,21,23H,2-11,14H2,1H3,(H,24,25)/b13-12+/t15?,16-,17+,19?/m0/s1. The molecule has 3 N–H and O–H groups in total. The third kappa shape index (κ3) is 8.63. The van der Waals surface area contributed by atoms with E-state index in [1.807, 2.05) is 6.08 Å². The van der Waals surface area contributed by atoms with Gasteiger partial charge in [0.1, 0.15) is 5.78 Å². The second kappa shape index (κ2) is 12.2. The average Bonchev–Trinajstić information content (AvgIpc) is 2.82. The van der Waals surface area contributed by atoms with Crippen molar-refractivity contribution in [1.82, 2.24) is 0 Å². The first-order valence-corrected chi connectivity index (χ1v) is 9.74. The van der Waals surface area contributed by atoms with Gasteiger partial charge in [-0.25, -0.2) is 0 Å². The van der Waals surface area contributed by atoms with Crippen LogP contribution < -0.4 is 0 Å². The minimum Gasteiger partial charge on any atom is -0.481 e. The molecule has 1 aliphatic carbocycles. The molecule has 144 valence electrons. The van der Waals surface area contributed by atoms with Crippen LogP contribution in [0, 0.1) is 11.8 Å². The lowest BCUT2D eigenvalue weighted by atomic mass is 9.88. The zero-order valence-corrected chi connectivity index (χ0v) is 15.4. The molecule has 4 atom stereocenters. The Balaban J connectivity index is 2.39. The third-order valence-electron chi connectivity index (χ3n) is 5.05. The Morgan fingerprint density at radius 2 is 1.92 bits per heavy atom. The number of carboxylic acid groups (broad SMARTS) is 1. The van der Waals surface area contributed by atoms with Gasteiger partial charge in [-0.1, -0.05) is 57.6 Å². The zero-order chi connectivity index (χ0) is 18.7. The number of carbonyl (C=O) groups is 2. The number of aliphatic hydroxyl groups is 2. The maximum Gasteiger partial charge on any atom is 0.303 e. The second-order valence-corrected chi connectivity index (χ2v) is 7.22. The first-order valence-electron chi connectivity index (χ1n) is 9.74. The van der Waals surface area contributed by atoms with Gasteiger partial charge in [-0.05, 0) is 19.3 Å². The number of aliphatic carboxylic acids is 1. The monoisotopic (exact) mass is 354 g/mol. The normalized spacial score (nSPS) is 24.9. The van der Waals surface area contributed by atoms with Crippen molar-refractivity contribution in [2.45, 2.75) is 89.8 Å². The maximum atomic E-state index is 12.1. The number of hydrogen-bond donors (Lipinski definition) is 3. The smallest absolute Gasteiger partial charge is 0.303 e. The number of ketones is 1. The van der Waals surface area contributed by atoms with E-state index in [1.165, 1.54) is 0 Å². The van der Waals surface area contributed by atoms with Crippen molar-refractivity contribution in [2.24, 2.45) is 11.8 Å². The van der Waals surface area contributed by atoms with E-state index < -0.39 is 18.2 Å². The molecule has 5 nitrogen and oxygen atoms in total. The van der Waals surface area contributed by atoms with Crippen LogP contribution in [0.2, 0.25) is 0 Å². The summed E-state index contributed by atoms with van der Waals surface area (Å²) in [6.07, 6.45) is 10.7. The molecule has 0 bridgehead atoms. The Morgan fingerprint density at radius 1 is 1.20 bits per heavy atom. The quantitative estimate of drug-likeness (QED) is 0.348. The molecule has 0 saturated heterocycles. The first-order chi connectivity index (χ1) is 12.0. The van der Waals surface area contributed by atoms with E-state index in [4.69, 9.17) is 5.11 Å². The van der Waals surface area contributed by atoms with Crippen molar-refractivity contribution in [3.63, 3.8) is 0 Å². The predicted molar refractivity (Wildman–Crippen MR) is 97.2 cm³/mol. The predicted octanol–water partition coefficient (Wildman–Crippen LogP) is 3.48. The van der Waals surface area contributed by atoms with Crippen LogP contribution >= 0.6 is 0 Å². The van der Waals surface area contributed by atoms with Crippen LogP contribution in [0.3, 0.4) is 0 Å². The molecule has 1 aliphatic rings. The first kappa shape index (κ1) is 21.8. The van der Waals surface area contributed by atoms with E-state index in [2.05, 4.69) is 6.92 Å². The van der Waals surface area contributed by atoms with Crippen molar-refractivity contribution in [1.29, 1.82) is 0 Å². The molecule has 1 saturated carbocycles. The lowest BCUT2D eigenvalue weighted by Crippen LogP contribution is -2.19. The third-order valence-corrected chi connectivity index (χ3v) is 5.05. The van der Waals surface area contributed by atoms with E-state index in [0.717, 1.165) is 51.4 Å². The summed E-state index contributed by atoms with van der Waals surface area (Å²) in [6.45, 7) is 2.12. The summed E-state index contributed by atoms with van der Waals surface area (Å²) in [5, 5.41) is 28.7. The van der Waals surface area contributed by atoms with Crippen molar-refractivity contribution in [3.05, 3.63) is 12.2 Å². The largest absolute Gasteiger partial charge is 0.481 e. The Hall–Kier alpha value is -1.20. The van der Waals surface area contributed by atoms with Gasteiger partial charge >= 0.3 is 5.97 Å². The summed E-state index contributed by atoms with van der Waals surface area (Å²) in [5.74, 6) is -1.04. The van der Waals surface area contributed by atoms with Gasteiger partial charge in [0.15, 0.2) is 0 Å². The number of Topliss-reactive ketones (excluding diaryl/α,β-unsaturated/α-hetero) is 1. The lowest BCUT2D eigenvalue weighted by Gasteiger charge is -2.18. The van der Waals surface area contributed by atoms with Gasteiger partial charge in [0.2, 0.25) is 0 Å². The van der Waals surface area contributed by atoms with Gasteiger partial charge in [-0.15, -0.1) is 0 Å². The summed E-state index contributed by atoms with van der Waals surface area (Å²) in [4.78, 5) is 22.6. The number of carbonyl (C=O) groups excluding carboxylic acids is 1. The Morgan fingerprint density at radius 3 is 2.60 bits per heavy atom. The minimum atomic E-state index is -0.767. The van der Waals surface area contributed by atoms with Gasteiger partial charge < -0.3 is 15.3 Å². The van der Waals surface area contributed by atoms with Gasteiger partial charge in [0.05, 0.1) is 12.2 Å². The van der Waals surface area contributed by atoms with Crippen molar-refractivity contribution in [3.8, 4) is 0 Å². The molecule has 0 aromatic carbocycles. The fourth-order valence-electron chi connectivity index (χ4n) is 3.54. The Kier molecular flexibility index (Phi) is 10.7. The topological polar surface area (TPSA) is 94.8 Å². The highest BCUT2D eigenvalue weighted by molar-refractivity contribution is 5.84. The van der Waals surface area contributed by atoms with Gasteiger partial charge in [-0.3, -0.25) is 9.59 Å². The number of rotatable bonds is 13. The number of unbranched alkanes of at least 4 members (excludes halogenated alkanes) is 5. The summed E-state index contributed by atoms with van der Waals surface area (Å²) in [5.41, 5.74) is 0. The van der Waals surface area contributed by atoms with Crippen LogP contribution in [-0.4, -0.2) is 39.3 Å². The van der Waals surface area contributed by atoms with Crippen molar-refractivity contribution in [2.75, 3.05) is 0 Å². The molecule has 0 aliphatic heterocycles. The molecule has 25 heavy (non-hydrogen) atoms. The van der Waals surface area contributed by atoms with Crippen LogP contribution in [0.1, 0.15) is 77.6 Å². The summed E-state index contributed by atoms with van der Waals surface area (Å²) >= 11 is 0. The molecule has 1 fully saturated rings. The molecular weight excluding hydrogens is 320 g/mol. The number of hydrogen-bond acceptors (Lipinski definition) is 4. The fourth-order valence-corrected chi connectivity index (χ4v) is 3.54. The highest BCUT2D eigenvalue weighted by Crippen LogP contribution is 2.34. The summed E-state index contributed by atoms with van der Waals surface area (Å²) in [7, 11) is 0. The fraction of sp³-hybridized carbons (Fsp3) is 0.800. The highest BCUT2D eigenvalue weighted by Gasteiger charge is 2.39. The van der Waals surface area contributed by atoms with Gasteiger partial charge in [0, 0.05) is 24.7 Å². The molecule has 0 spiro atoms. The molecule has 0 aromatic heterocycles. The van der Waals surface area contributed by atoms with Crippen LogP contribution in [0.15, 0.2) is 12.2 Å². The zero-order valence-electron chi connectivity index (χ0n) is 15.4. The highest BCUT2D eigenvalue weighted by atomic mass is 16.4. The summed E-state index contributed by atoms with van der Waals surface area (Å²) < 4.78 is 0. The molecule has 2 unspecified atom stereocenters. The molecular formula is C20H34O5. The maximum absolute atomic E-state index is 12.1. The Labute approximate surface area is 151 Å². The van der Waals surface area contributed by atoms with Crippen LogP contribution in [0.25, 0.3) is 0 Å². The molecule has 0 amide bonds. The molecule has 0 heterocycles. The average molecular weight is 354 g/mol. The van der Waals surface area contributed by atoms with E-state index >= 15 is 0 Å². The number of carboxylic acids is 1. The van der Waals surface area contributed by atoms with Gasteiger partial charge in [0.25, 0.3) is 0 Å². The van der Waals surface area contributed by atoms with E-state index in [9.17, 15) is 19.8 Å². The van der Waals surface area contributed by atoms with E-state index in [1.54, 1.807) is 6.08 Å². The van der Waals surface area contributed by atoms with Crippen LogP contribution in [0.5, 0.6) is 0 Å². The SMILES string of the molecule is CCCCCC(O)/C=C/[C@H]1C(O)CC(=O)[C@H]1CCCCCCC(=O)O. The van der Waals surface area contributed by atoms with Gasteiger partial charge in [-0.2, -0.15) is 0 Å².